The maximum absolute atomic E-state index is 11.3. The lowest BCUT2D eigenvalue weighted by atomic mass is 10.1. The summed E-state index contributed by atoms with van der Waals surface area (Å²) in [6.45, 7) is 6.01. The molecule has 0 spiro atoms. The molecule has 6 heteroatoms. The summed E-state index contributed by atoms with van der Waals surface area (Å²) in [6.07, 6.45) is 0.575. The number of methoxy groups -OCH3 is 1. The van der Waals surface area contributed by atoms with Gasteiger partial charge in [-0.15, -0.1) is 5.10 Å². The van der Waals surface area contributed by atoms with Gasteiger partial charge in [-0.3, -0.25) is 0 Å². The molecule has 0 fully saturated rings. The van der Waals surface area contributed by atoms with E-state index in [1.165, 1.54) is 0 Å². The van der Waals surface area contributed by atoms with Crippen LogP contribution in [-0.2, 0) is 6.42 Å². The minimum Gasteiger partial charge on any atom is -0.494 e. The highest BCUT2D eigenvalue weighted by Crippen LogP contribution is 2.26. The lowest BCUT2D eigenvalue weighted by Gasteiger charge is -2.13. The van der Waals surface area contributed by atoms with Gasteiger partial charge >= 0.3 is 5.97 Å². The number of aromatic carboxylic acids is 1. The molecule has 2 rings (SSSR count). The number of carbonyl (C=O) groups is 1. The molecule has 0 saturated heterocycles. The second kappa shape index (κ2) is 5.95. The van der Waals surface area contributed by atoms with Crippen LogP contribution in [0.15, 0.2) is 18.2 Å². The van der Waals surface area contributed by atoms with Crippen molar-refractivity contribution < 1.29 is 14.6 Å². The number of aryl methyl sites for hydroxylation is 1. The molecule has 21 heavy (non-hydrogen) atoms. The Morgan fingerprint density at radius 1 is 1.43 bits per heavy atom. The van der Waals surface area contributed by atoms with E-state index in [1.54, 1.807) is 11.8 Å². The highest BCUT2D eigenvalue weighted by Gasteiger charge is 2.22. The molecular formula is C15H19N3O3. The SMILES string of the molecule is COc1ccc(C)cc1-n1nnc(C(=O)O)c1CC(C)C. The Morgan fingerprint density at radius 2 is 2.14 bits per heavy atom. The van der Waals surface area contributed by atoms with Crippen molar-refractivity contribution in [1.29, 1.82) is 0 Å². The zero-order valence-corrected chi connectivity index (χ0v) is 12.6. The number of carboxylic acids is 1. The van der Waals surface area contributed by atoms with Crippen LogP contribution in [0.2, 0.25) is 0 Å². The van der Waals surface area contributed by atoms with Crippen LogP contribution in [0.3, 0.4) is 0 Å². The van der Waals surface area contributed by atoms with Crippen molar-refractivity contribution in [3.05, 3.63) is 35.2 Å². The third kappa shape index (κ3) is 3.04. The number of ether oxygens (including phenoxy) is 1. The van der Waals surface area contributed by atoms with Crippen molar-refractivity contribution in [2.24, 2.45) is 5.92 Å². The number of hydrogen-bond acceptors (Lipinski definition) is 4. The summed E-state index contributed by atoms with van der Waals surface area (Å²) < 4.78 is 6.91. The van der Waals surface area contributed by atoms with E-state index in [2.05, 4.69) is 10.3 Å². The first kappa shape index (κ1) is 15.0. The zero-order chi connectivity index (χ0) is 15.6. The molecule has 2 aromatic rings. The van der Waals surface area contributed by atoms with Crippen LogP contribution in [0.1, 0.15) is 35.6 Å². The number of benzene rings is 1. The third-order valence-corrected chi connectivity index (χ3v) is 3.13. The summed E-state index contributed by atoms with van der Waals surface area (Å²) in [4.78, 5) is 11.3. The molecule has 0 unspecified atom stereocenters. The van der Waals surface area contributed by atoms with Gasteiger partial charge in [-0.05, 0) is 37.0 Å². The van der Waals surface area contributed by atoms with E-state index in [1.807, 2.05) is 39.0 Å². The highest BCUT2D eigenvalue weighted by molar-refractivity contribution is 5.86. The summed E-state index contributed by atoms with van der Waals surface area (Å²) in [7, 11) is 1.57. The molecule has 0 bridgehead atoms. The molecule has 0 atom stereocenters. The molecule has 0 amide bonds. The van der Waals surface area contributed by atoms with Crippen LogP contribution < -0.4 is 4.74 Å². The maximum Gasteiger partial charge on any atom is 0.358 e. The van der Waals surface area contributed by atoms with Crippen LogP contribution in [0.4, 0.5) is 0 Å². The first-order valence-electron chi connectivity index (χ1n) is 6.77. The average molecular weight is 289 g/mol. The van der Waals surface area contributed by atoms with Gasteiger partial charge in [0.25, 0.3) is 0 Å². The van der Waals surface area contributed by atoms with Gasteiger partial charge in [0.15, 0.2) is 5.69 Å². The van der Waals surface area contributed by atoms with E-state index in [0.717, 1.165) is 5.56 Å². The Labute approximate surface area is 123 Å². The number of hydrogen-bond donors (Lipinski definition) is 1. The molecule has 0 saturated carbocycles. The van der Waals surface area contributed by atoms with E-state index in [4.69, 9.17) is 4.74 Å². The Balaban J connectivity index is 2.63. The number of carboxylic acid groups (broad SMARTS) is 1. The Kier molecular flexibility index (Phi) is 4.26. The smallest absolute Gasteiger partial charge is 0.358 e. The lowest BCUT2D eigenvalue weighted by Crippen LogP contribution is -2.10. The van der Waals surface area contributed by atoms with Crippen molar-refractivity contribution in [3.8, 4) is 11.4 Å². The van der Waals surface area contributed by atoms with Gasteiger partial charge in [0.2, 0.25) is 0 Å². The number of aromatic nitrogens is 3. The minimum atomic E-state index is -1.07. The summed E-state index contributed by atoms with van der Waals surface area (Å²) in [5.74, 6) is -0.146. The van der Waals surface area contributed by atoms with Crippen molar-refractivity contribution in [1.82, 2.24) is 15.0 Å². The Morgan fingerprint density at radius 3 is 2.71 bits per heavy atom. The average Bonchev–Trinajstić information content (AvgIpc) is 2.81. The molecule has 112 valence electrons. The summed E-state index contributed by atoms with van der Waals surface area (Å²) in [5.41, 5.74) is 2.32. The van der Waals surface area contributed by atoms with Gasteiger partial charge in [-0.25, -0.2) is 9.48 Å². The van der Waals surface area contributed by atoms with Gasteiger partial charge in [0.05, 0.1) is 12.8 Å². The Hall–Kier alpha value is -2.37. The van der Waals surface area contributed by atoms with Gasteiger partial charge < -0.3 is 9.84 Å². The predicted octanol–water partition coefficient (Wildman–Crippen LogP) is 2.48. The second-order valence-corrected chi connectivity index (χ2v) is 5.37. The molecule has 1 aromatic heterocycles. The molecule has 0 aliphatic heterocycles. The second-order valence-electron chi connectivity index (χ2n) is 5.37. The van der Waals surface area contributed by atoms with Crippen LogP contribution in [0.5, 0.6) is 5.75 Å². The fourth-order valence-electron chi connectivity index (χ4n) is 2.20. The lowest BCUT2D eigenvalue weighted by molar-refractivity contribution is 0.0689. The molecule has 6 nitrogen and oxygen atoms in total. The van der Waals surface area contributed by atoms with Crippen LogP contribution in [0, 0.1) is 12.8 Å². The summed E-state index contributed by atoms with van der Waals surface area (Å²) in [5, 5.41) is 17.1. The quantitative estimate of drug-likeness (QED) is 0.915. The van der Waals surface area contributed by atoms with E-state index in [-0.39, 0.29) is 11.6 Å². The standard InChI is InChI=1S/C15H19N3O3/c1-9(2)7-12-14(15(19)20)16-17-18(12)11-8-10(3)5-6-13(11)21-4/h5-6,8-9H,7H2,1-4H3,(H,19,20). The summed E-state index contributed by atoms with van der Waals surface area (Å²) >= 11 is 0. The first-order valence-corrected chi connectivity index (χ1v) is 6.77. The van der Waals surface area contributed by atoms with Crippen molar-refractivity contribution in [3.63, 3.8) is 0 Å². The van der Waals surface area contributed by atoms with Crippen molar-refractivity contribution >= 4 is 5.97 Å². The fourth-order valence-corrected chi connectivity index (χ4v) is 2.20. The van der Waals surface area contributed by atoms with Crippen LogP contribution in [-0.4, -0.2) is 33.2 Å². The monoisotopic (exact) mass is 289 g/mol. The van der Waals surface area contributed by atoms with Gasteiger partial charge in [0.1, 0.15) is 11.4 Å². The van der Waals surface area contributed by atoms with Gasteiger partial charge in [-0.2, -0.15) is 0 Å². The maximum atomic E-state index is 11.3. The van der Waals surface area contributed by atoms with E-state index in [0.29, 0.717) is 23.6 Å². The van der Waals surface area contributed by atoms with Gasteiger partial charge in [0, 0.05) is 0 Å². The van der Waals surface area contributed by atoms with Crippen molar-refractivity contribution in [2.45, 2.75) is 27.2 Å². The minimum absolute atomic E-state index is 0.00717. The van der Waals surface area contributed by atoms with Gasteiger partial charge in [-0.1, -0.05) is 25.1 Å². The normalized spacial score (nSPS) is 10.9. The zero-order valence-electron chi connectivity index (χ0n) is 12.6. The van der Waals surface area contributed by atoms with E-state index >= 15 is 0 Å². The molecule has 1 heterocycles. The number of rotatable bonds is 5. The summed E-state index contributed by atoms with van der Waals surface area (Å²) in [6, 6.07) is 5.68. The largest absolute Gasteiger partial charge is 0.494 e. The highest BCUT2D eigenvalue weighted by atomic mass is 16.5. The van der Waals surface area contributed by atoms with E-state index < -0.39 is 5.97 Å². The molecule has 0 radical (unpaired) electrons. The van der Waals surface area contributed by atoms with E-state index in [9.17, 15) is 9.90 Å². The third-order valence-electron chi connectivity index (χ3n) is 3.13. The predicted molar refractivity (Wildman–Crippen MR) is 78.1 cm³/mol. The van der Waals surface area contributed by atoms with Crippen LogP contribution in [0.25, 0.3) is 5.69 Å². The topological polar surface area (TPSA) is 77.2 Å². The van der Waals surface area contributed by atoms with Crippen LogP contribution >= 0.6 is 0 Å². The Bertz CT molecular complexity index is 662. The number of nitrogens with zero attached hydrogens (tertiary/aromatic N) is 3. The molecule has 1 N–H and O–H groups in total. The van der Waals surface area contributed by atoms with Crippen molar-refractivity contribution in [2.75, 3.05) is 7.11 Å². The molecule has 0 aliphatic rings. The molecular weight excluding hydrogens is 270 g/mol. The molecule has 1 aromatic carbocycles. The fraction of sp³-hybridized carbons (Fsp3) is 0.400. The first-order chi connectivity index (χ1) is 9.93. The molecule has 0 aliphatic carbocycles.